The zero-order valence-electron chi connectivity index (χ0n) is 10.6. The number of hydrogen-bond acceptors (Lipinski definition) is 4. The normalized spacial score (nSPS) is 10.8. The van der Waals surface area contributed by atoms with Crippen LogP contribution in [0.4, 0.5) is 11.4 Å². The van der Waals surface area contributed by atoms with E-state index in [1.165, 1.54) is 0 Å². The molecule has 0 amide bonds. The third kappa shape index (κ3) is 1.87. The molecular formula is C15H14N4. The van der Waals surface area contributed by atoms with Crippen LogP contribution in [0.3, 0.4) is 0 Å². The summed E-state index contributed by atoms with van der Waals surface area (Å²) in [4.78, 5) is 0. The molecule has 0 saturated carbocycles. The molecule has 0 unspecified atom stereocenters. The molecule has 0 aliphatic carbocycles. The molecule has 0 atom stereocenters. The Morgan fingerprint density at radius 1 is 1.05 bits per heavy atom. The first-order chi connectivity index (χ1) is 9.16. The summed E-state index contributed by atoms with van der Waals surface area (Å²) in [6, 6.07) is 11.8. The molecule has 3 aromatic rings. The van der Waals surface area contributed by atoms with Gasteiger partial charge in [-0.15, -0.1) is 5.10 Å². The molecule has 0 radical (unpaired) electrons. The van der Waals surface area contributed by atoms with Crippen LogP contribution in [-0.2, 0) is 0 Å². The Bertz CT molecular complexity index is 737. The second kappa shape index (κ2) is 4.24. The lowest BCUT2D eigenvalue weighted by Gasteiger charge is -2.09. The molecular weight excluding hydrogens is 236 g/mol. The zero-order chi connectivity index (χ0) is 13.4. The van der Waals surface area contributed by atoms with E-state index in [9.17, 15) is 0 Å². The van der Waals surface area contributed by atoms with Crippen LogP contribution in [0, 0.1) is 6.92 Å². The van der Waals surface area contributed by atoms with Crippen molar-refractivity contribution in [3.63, 3.8) is 0 Å². The SMILES string of the molecule is Cc1cc(-c2nncc3ccccc23)cc(N)c1N. The van der Waals surface area contributed by atoms with Gasteiger partial charge in [0, 0.05) is 16.3 Å². The first-order valence-electron chi connectivity index (χ1n) is 6.03. The standard InChI is InChI=1S/C15H14N4/c1-9-6-11(7-13(16)14(9)17)15-12-5-3-2-4-10(12)8-18-19-15/h2-8H,16-17H2,1H3. The van der Waals surface area contributed by atoms with Crippen molar-refractivity contribution in [1.82, 2.24) is 10.2 Å². The Hall–Kier alpha value is -2.62. The number of fused-ring (bicyclic) bond motifs is 1. The maximum absolute atomic E-state index is 5.93. The number of anilines is 2. The average Bonchev–Trinajstić information content (AvgIpc) is 2.43. The van der Waals surface area contributed by atoms with Crippen molar-refractivity contribution in [3.8, 4) is 11.3 Å². The topological polar surface area (TPSA) is 77.8 Å². The van der Waals surface area contributed by atoms with E-state index in [1.807, 2.05) is 43.3 Å². The van der Waals surface area contributed by atoms with E-state index in [0.29, 0.717) is 11.4 Å². The van der Waals surface area contributed by atoms with E-state index in [2.05, 4.69) is 10.2 Å². The van der Waals surface area contributed by atoms with Gasteiger partial charge in [0.2, 0.25) is 0 Å². The number of nitrogen functional groups attached to an aromatic ring is 2. The van der Waals surface area contributed by atoms with E-state index in [0.717, 1.165) is 27.6 Å². The lowest BCUT2D eigenvalue weighted by atomic mass is 10.0. The van der Waals surface area contributed by atoms with Gasteiger partial charge in [-0.25, -0.2) is 0 Å². The molecule has 1 aromatic heterocycles. The molecule has 0 saturated heterocycles. The van der Waals surface area contributed by atoms with Crippen molar-refractivity contribution >= 4 is 22.1 Å². The van der Waals surface area contributed by atoms with E-state index in [4.69, 9.17) is 11.5 Å². The Labute approximate surface area is 111 Å². The molecule has 2 aromatic carbocycles. The molecule has 4 nitrogen and oxygen atoms in total. The van der Waals surface area contributed by atoms with Crippen LogP contribution < -0.4 is 11.5 Å². The third-order valence-electron chi connectivity index (χ3n) is 3.26. The Morgan fingerprint density at radius 3 is 2.63 bits per heavy atom. The van der Waals surface area contributed by atoms with Gasteiger partial charge >= 0.3 is 0 Å². The predicted octanol–water partition coefficient (Wildman–Crippen LogP) is 2.77. The highest BCUT2D eigenvalue weighted by Gasteiger charge is 2.09. The fourth-order valence-corrected chi connectivity index (χ4v) is 2.20. The van der Waals surface area contributed by atoms with Crippen molar-refractivity contribution in [2.75, 3.05) is 11.5 Å². The number of nitrogens with two attached hydrogens (primary N) is 2. The molecule has 0 aliphatic heterocycles. The highest BCUT2D eigenvalue weighted by Crippen LogP contribution is 2.31. The van der Waals surface area contributed by atoms with Crippen LogP contribution in [-0.4, -0.2) is 10.2 Å². The highest BCUT2D eigenvalue weighted by molar-refractivity contribution is 5.95. The summed E-state index contributed by atoms with van der Waals surface area (Å²) in [5, 5.41) is 10.4. The van der Waals surface area contributed by atoms with E-state index < -0.39 is 0 Å². The Balaban J connectivity index is 2.31. The lowest BCUT2D eigenvalue weighted by Crippen LogP contribution is -1.99. The quantitative estimate of drug-likeness (QED) is 0.651. The zero-order valence-corrected chi connectivity index (χ0v) is 10.6. The summed E-state index contributed by atoms with van der Waals surface area (Å²) in [5.74, 6) is 0. The van der Waals surface area contributed by atoms with Crippen molar-refractivity contribution < 1.29 is 0 Å². The number of aryl methyl sites for hydroxylation is 1. The summed E-state index contributed by atoms with van der Waals surface area (Å²) in [6.45, 7) is 1.94. The van der Waals surface area contributed by atoms with Crippen LogP contribution in [0.5, 0.6) is 0 Å². The fraction of sp³-hybridized carbons (Fsp3) is 0.0667. The summed E-state index contributed by atoms with van der Waals surface area (Å²) < 4.78 is 0. The first kappa shape index (κ1) is 11.5. The van der Waals surface area contributed by atoms with Gasteiger partial charge < -0.3 is 11.5 Å². The molecule has 4 heteroatoms. The second-order valence-electron chi connectivity index (χ2n) is 4.58. The van der Waals surface area contributed by atoms with Gasteiger partial charge in [-0.2, -0.15) is 5.10 Å². The van der Waals surface area contributed by atoms with Crippen LogP contribution >= 0.6 is 0 Å². The number of aromatic nitrogens is 2. The van der Waals surface area contributed by atoms with Gasteiger partial charge in [-0.3, -0.25) is 0 Å². The summed E-state index contributed by atoms with van der Waals surface area (Å²) in [5.41, 5.74) is 15.7. The number of rotatable bonds is 1. The van der Waals surface area contributed by atoms with Crippen molar-refractivity contribution in [1.29, 1.82) is 0 Å². The van der Waals surface area contributed by atoms with Gasteiger partial charge in [0.15, 0.2) is 0 Å². The fourth-order valence-electron chi connectivity index (χ4n) is 2.20. The predicted molar refractivity (Wildman–Crippen MR) is 78.5 cm³/mol. The minimum atomic E-state index is 0.574. The largest absolute Gasteiger partial charge is 0.397 e. The molecule has 4 N–H and O–H groups in total. The van der Waals surface area contributed by atoms with Crippen molar-refractivity contribution in [3.05, 3.63) is 48.2 Å². The van der Waals surface area contributed by atoms with E-state index in [-0.39, 0.29) is 0 Å². The molecule has 94 valence electrons. The summed E-state index contributed by atoms with van der Waals surface area (Å²) in [6.07, 6.45) is 1.76. The molecule has 0 spiro atoms. The van der Waals surface area contributed by atoms with Crippen LogP contribution in [0.2, 0.25) is 0 Å². The molecule has 3 rings (SSSR count). The molecule has 0 aliphatic rings. The van der Waals surface area contributed by atoms with Gasteiger partial charge in [-0.05, 0) is 24.6 Å². The highest BCUT2D eigenvalue weighted by atomic mass is 15.1. The second-order valence-corrected chi connectivity index (χ2v) is 4.58. The van der Waals surface area contributed by atoms with E-state index in [1.54, 1.807) is 6.20 Å². The third-order valence-corrected chi connectivity index (χ3v) is 3.26. The van der Waals surface area contributed by atoms with Gasteiger partial charge in [0.1, 0.15) is 5.69 Å². The van der Waals surface area contributed by atoms with Crippen LogP contribution in [0.1, 0.15) is 5.56 Å². The van der Waals surface area contributed by atoms with E-state index >= 15 is 0 Å². The van der Waals surface area contributed by atoms with Gasteiger partial charge in [0.25, 0.3) is 0 Å². The maximum atomic E-state index is 5.93. The summed E-state index contributed by atoms with van der Waals surface area (Å²) >= 11 is 0. The number of nitrogens with zero attached hydrogens (tertiary/aromatic N) is 2. The van der Waals surface area contributed by atoms with Crippen LogP contribution in [0.15, 0.2) is 42.6 Å². The van der Waals surface area contributed by atoms with Crippen molar-refractivity contribution in [2.24, 2.45) is 0 Å². The number of hydrogen-bond donors (Lipinski definition) is 2. The van der Waals surface area contributed by atoms with Gasteiger partial charge in [0.05, 0.1) is 17.6 Å². The summed E-state index contributed by atoms with van der Waals surface area (Å²) in [7, 11) is 0. The average molecular weight is 250 g/mol. The molecule has 19 heavy (non-hydrogen) atoms. The molecule has 1 heterocycles. The first-order valence-corrected chi connectivity index (χ1v) is 6.03. The Kier molecular flexibility index (Phi) is 2.56. The lowest BCUT2D eigenvalue weighted by molar-refractivity contribution is 1.06. The smallest absolute Gasteiger partial charge is 0.101 e. The Morgan fingerprint density at radius 2 is 1.84 bits per heavy atom. The minimum Gasteiger partial charge on any atom is -0.397 e. The van der Waals surface area contributed by atoms with Crippen molar-refractivity contribution in [2.45, 2.75) is 6.92 Å². The maximum Gasteiger partial charge on any atom is 0.101 e. The molecule has 0 bridgehead atoms. The monoisotopic (exact) mass is 250 g/mol. The van der Waals surface area contributed by atoms with Gasteiger partial charge in [-0.1, -0.05) is 24.3 Å². The van der Waals surface area contributed by atoms with Crippen LogP contribution in [0.25, 0.3) is 22.0 Å². The molecule has 0 fully saturated rings. The minimum absolute atomic E-state index is 0.574. The number of benzene rings is 2.